The van der Waals surface area contributed by atoms with Crippen LogP contribution >= 0.6 is 0 Å². The van der Waals surface area contributed by atoms with E-state index in [2.05, 4.69) is 41.4 Å². The monoisotopic (exact) mass is 294 g/mol. The van der Waals surface area contributed by atoms with Crippen molar-refractivity contribution in [3.8, 4) is 0 Å². The Morgan fingerprint density at radius 3 is 1.95 bits per heavy atom. The number of nitrogens with zero attached hydrogens (tertiary/aromatic N) is 1. The first-order valence-electron chi connectivity index (χ1n) is 6.95. The highest BCUT2D eigenvalue weighted by molar-refractivity contribution is 5.75. The summed E-state index contributed by atoms with van der Waals surface area (Å²) >= 11 is 0. The second-order valence-corrected chi connectivity index (χ2v) is 4.86. The Morgan fingerprint density at radius 1 is 1.05 bits per heavy atom. The van der Waals surface area contributed by atoms with Crippen LogP contribution in [0, 0.1) is 6.92 Å². The first-order valence-corrected chi connectivity index (χ1v) is 6.95. The van der Waals surface area contributed by atoms with Crippen molar-refractivity contribution in [2.24, 2.45) is 0 Å². The van der Waals surface area contributed by atoms with Crippen LogP contribution in [0.25, 0.3) is 0 Å². The van der Waals surface area contributed by atoms with E-state index in [-0.39, 0.29) is 12.8 Å². The summed E-state index contributed by atoms with van der Waals surface area (Å²) in [5, 5.41) is 19.2. The van der Waals surface area contributed by atoms with Gasteiger partial charge in [-0.3, -0.25) is 9.59 Å². The van der Waals surface area contributed by atoms with Gasteiger partial charge >= 0.3 is 11.9 Å². The second kappa shape index (κ2) is 8.97. The van der Waals surface area contributed by atoms with Crippen LogP contribution in [0.4, 0.5) is 5.69 Å². The number of rotatable bonds is 4. The molecule has 1 saturated heterocycles. The molecule has 6 heteroatoms. The van der Waals surface area contributed by atoms with Crippen LogP contribution in [0.1, 0.15) is 18.4 Å². The zero-order chi connectivity index (χ0) is 15.7. The molecule has 3 N–H and O–H groups in total. The highest BCUT2D eigenvalue weighted by Gasteiger charge is 2.09. The molecule has 0 unspecified atom stereocenters. The van der Waals surface area contributed by atoms with Crippen molar-refractivity contribution < 1.29 is 19.8 Å². The van der Waals surface area contributed by atoms with Gasteiger partial charge in [-0.25, -0.2) is 0 Å². The molecule has 1 aliphatic heterocycles. The van der Waals surface area contributed by atoms with Crippen LogP contribution < -0.4 is 10.2 Å². The van der Waals surface area contributed by atoms with E-state index in [9.17, 15) is 9.59 Å². The maximum Gasteiger partial charge on any atom is 0.303 e. The average Bonchev–Trinajstić information content (AvgIpc) is 2.47. The van der Waals surface area contributed by atoms with Crippen LogP contribution in [-0.2, 0) is 9.59 Å². The molecule has 1 fully saturated rings. The summed E-state index contributed by atoms with van der Waals surface area (Å²) in [5.74, 6) is -2.15. The summed E-state index contributed by atoms with van der Waals surface area (Å²) in [6, 6.07) is 8.77. The molecule has 0 bridgehead atoms. The zero-order valence-corrected chi connectivity index (χ0v) is 12.2. The largest absolute Gasteiger partial charge is 0.481 e. The summed E-state index contributed by atoms with van der Waals surface area (Å²) in [6.07, 6.45) is -0.593. The van der Waals surface area contributed by atoms with Crippen LogP contribution in [0.2, 0.25) is 0 Å². The van der Waals surface area contributed by atoms with Gasteiger partial charge in [0.05, 0.1) is 12.8 Å². The van der Waals surface area contributed by atoms with Crippen molar-refractivity contribution in [3.63, 3.8) is 0 Å². The maximum atomic E-state index is 9.64. The highest BCUT2D eigenvalue weighted by atomic mass is 16.4. The Kier molecular flexibility index (Phi) is 7.25. The molecule has 21 heavy (non-hydrogen) atoms. The molecule has 1 heterocycles. The molecule has 2 rings (SSSR count). The number of anilines is 1. The van der Waals surface area contributed by atoms with Gasteiger partial charge in [0.2, 0.25) is 0 Å². The molecule has 0 spiro atoms. The smallest absolute Gasteiger partial charge is 0.303 e. The summed E-state index contributed by atoms with van der Waals surface area (Å²) < 4.78 is 0. The van der Waals surface area contributed by atoms with Crippen LogP contribution in [0.15, 0.2) is 24.3 Å². The minimum absolute atomic E-state index is 0.296. The number of aliphatic carboxylic acids is 2. The first-order chi connectivity index (χ1) is 9.99. The quantitative estimate of drug-likeness (QED) is 0.776. The number of nitrogens with one attached hydrogen (secondary N) is 1. The number of carboxylic acid groups (broad SMARTS) is 2. The van der Waals surface area contributed by atoms with Gasteiger partial charge in [0.15, 0.2) is 0 Å². The first kappa shape index (κ1) is 17.0. The Hall–Kier alpha value is -2.08. The number of hydrogen-bond donors (Lipinski definition) is 3. The fourth-order valence-corrected chi connectivity index (χ4v) is 1.89. The summed E-state index contributed by atoms with van der Waals surface area (Å²) in [4.78, 5) is 21.7. The van der Waals surface area contributed by atoms with Gasteiger partial charge in [-0.05, 0) is 19.1 Å². The van der Waals surface area contributed by atoms with Crippen molar-refractivity contribution in [2.75, 3.05) is 31.1 Å². The van der Waals surface area contributed by atoms with Crippen LogP contribution in [0.3, 0.4) is 0 Å². The van der Waals surface area contributed by atoms with E-state index in [0.717, 1.165) is 26.2 Å². The molecule has 0 amide bonds. The van der Waals surface area contributed by atoms with Gasteiger partial charge < -0.3 is 20.4 Å². The Labute approximate surface area is 124 Å². The average molecular weight is 294 g/mol. The van der Waals surface area contributed by atoms with E-state index >= 15 is 0 Å². The number of benzene rings is 1. The van der Waals surface area contributed by atoms with Gasteiger partial charge in [0.25, 0.3) is 0 Å². The number of piperazine rings is 1. The maximum absolute atomic E-state index is 9.64. The molecule has 0 aliphatic carbocycles. The summed E-state index contributed by atoms with van der Waals surface area (Å²) in [7, 11) is 0. The van der Waals surface area contributed by atoms with Gasteiger partial charge in [0.1, 0.15) is 0 Å². The third kappa shape index (κ3) is 7.31. The Bertz CT molecular complexity index is 439. The number of hydrogen-bond acceptors (Lipinski definition) is 4. The van der Waals surface area contributed by atoms with E-state index in [0.29, 0.717) is 0 Å². The highest BCUT2D eigenvalue weighted by Crippen LogP contribution is 2.14. The molecule has 0 aromatic heterocycles. The fraction of sp³-hybridized carbons (Fsp3) is 0.467. The number of carboxylic acids is 2. The lowest BCUT2D eigenvalue weighted by Gasteiger charge is -2.29. The molecule has 6 nitrogen and oxygen atoms in total. The van der Waals surface area contributed by atoms with Gasteiger partial charge in [-0.1, -0.05) is 17.7 Å². The molecule has 0 atom stereocenters. The SMILES string of the molecule is Cc1ccc(N2CCNCC2)cc1.O=C(O)CCC(=O)O. The molecule has 0 radical (unpaired) electrons. The predicted octanol–water partition coefficient (Wildman–Crippen LogP) is 1.34. The van der Waals surface area contributed by atoms with Crippen molar-refractivity contribution in [3.05, 3.63) is 29.8 Å². The number of aryl methyl sites for hydroxylation is 1. The molecule has 1 aromatic rings. The molecule has 0 saturated carbocycles. The third-order valence-electron chi connectivity index (χ3n) is 3.07. The summed E-state index contributed by atoms with van der Waals surface area (Å²) in [5.41, 5.74) is 2.69. The minimum Gasteiger partial charge on any atom is -0.481 e. The lowest BCUT2D eigenvalue weighted by molar-refractivity contribution is -0.143. The van der Waals surface area contributed by atoms with E-state index in [1.807, 2.05) is 0 Å². The Balaban J connectivity index is 0.000000240. The third-order valence-corrected chi connectivity index (χ3v) is 3.07. The summed E-state index contributed by atoms with van der Waals surface area (Å²) in [6.45, 7) is 6.59. The molecular weight excluding hydrogens is 272 g/mol. The van der Waals surface area contributed by atoms with Crippen molar-refractivity contribution in [2.45, 2.75) is 19.8 Å². The van der Waals surface area contributed by atoms with E-state index in [4.69, 9.17) is 10.2 Å². The molecular formula is C15H22N2O4. The van der Waals surface area contributed by atoms with Crippen molar-refractivity contribution >= 4 is 17.6 Å². The van der Waals surface area contributed by atoms with E-state index < -0.39 is 11.9 Å². The lowest BCUT2D eigenvalue weighted by atomic mass is 10.2. The van der Waals surface area contributed by atoms with Gasteiger partial charge in [0, 0.05) is 31.9 Å². The van der Waals surface area contributed by atoms with Crippen LogP contribution in [-0.4, -0.2) is 48.3 Å². The Morgan fingerprint density at radius 2 is 1.52 bits per heavy atom. The van der Waals surface area contributed by atoms with Crippen molar-refractivity contribution in [1.82, 2.24) is 5.32 Å². The molecule has 1 aliphatic rings. The zero-order valence-electron chi connectivity index (χ0n) is 12.2. The van der Waals surface area contributed by atoms with Gasteiger partial charge in [-0.15, -0.1) is 0 Å². The topological polar surface area (TPSA) is 89.9 Å². The van der Waals surface area contributed by atoms with Crippen molar-refractivity contribution in [1.29, 1.82) is 0 Å². The molecule has 1 aromatic carbocycles. The van der Waals surface area contributed by atoms with Gasteiger partial charge in [-0.2, -0.15) is 0 Å². The van der Waals surface area contributed by atoms with E-state index in [1.54, 1.807) is 0 Å². The standard InChI is InChI=1S/C11H16N2.C4H6O4/c1-10-2-4-11(5-3-10)13-8-6-12-7-9-13;5-3(6)1-2-4(7)8/h2-5,12H,6-9H2,1H3;1-2H2,(H,5,6)(H,7,8). The second-order valence-electron chi connectivity index (χ2n) is 4.86. The lowest BCUT2D eigenvalue weighted by Crippen LogP contribution is -2.43. The fourth-order valence-electron chi connectivity index (χ4n) is 1.89. The normalized spacial score (nSPS) is 14.0. The van der Waals surface area contributed by atoms with Crippen LogP contribution in [0.5, 0.6) is 0 Å². The number of carbonyl (C=O) groups is 2. The predicted molar refractivity (Wildman–Crippen MR) is 80.8 cm³/mol. The molecule has 116 valence electrons. The van der Waals surface area contributed by atoms with E-state index in [1.165, 1.54) is 11.3 Å². The minimum atomic E-state index is -1.08.